The molecule has 124 valence electrons. The number of aromatic nitrogens is 2. The lowest BCUT2D eigenvalue weighted by atomic mass is 9.89. The third kappa shape index (κ3) is 3.51. The number of nitrogens with one attached hydrogen (secondary N) is 2. The van der Waals surface area contributed by atoms with Crippen molar-refractivity contribution in [3.05, 3.63) is 48.0 Å². The SMILES string of the molecule is COc1ccc2c(c1)[C@@H](C(=O)NCCc1cnccn1)CC(=O)N2. The first-order chi connectivity index (χ1) is 11.7. The smallest absolute Gasteiger partial charge is 0.228 e. The summed E-state index contributed by atoms with van der Waals surface area (Å²) in [7, 11) is 1.57. The molecule has 2 heterocycles. The molecular formula is C17H18N4O3. The summed E-state index contributed by atoms with van der Waals surface area (Å²) >= 11 is 0. The maximum Gasteiger partial charge on any atom is 0.228 e. The van der Waals surface area contributed by atoms with Crippen molar-refractivity contribution in [3.63, 3.8) is 0 Å². The number of carbonyl (C=O) groups excluding carboxylic acids is 2. The summed E-state index contributed by atoms with van der Waals surface area (Å²) in [4.78, 5) is 32.5. The molecule has 0 radical (unpaired) electrons. The first-order valence-corrected chi connectivity index (χ1v) is 7.68. The van der Waals surface area contributed by atoms with Gasteiger partial charge in [0.05, 0.1) is 18.7 Å². The summed E-state index contributed by atoms with van der Waals surface area (Å²) in [5.74, 6) is -0.210. The standard InChI is InChI=1S/C17H18N4O3/c1-24-12-2-3-15-13(8-12)14(9-16(22)21-15)17(23)20-5-4-11-10-18-6-7-19-11/h2-3,6-8,10,14H,4-5,9H2,1H3,(H,20,23)(H,21,22)/t14-/m0/s1. The highest BCUT2D eigenvalue weighted by molar-refractivity contribution is 6.01. The van der Waals surface area contributed by atoms with E-state index in [2.05, 4.69) is 20.6 Å². The lowest BCUT2D eigenvalue weighted by Gasteiger charge is -2.25. The van der Waals surface area contributed by atoms with E-state index in [4.69, 9.17) is 4.74 Å². The molecule has 1 aliphatic heterocycles. The first-order valence-electron chi connectivity index (χ1n) is 7.68. The van der Waals surface area contributed by atoms with Crippen molar-refractivity contribution in [2.75, 3.05) is 19.0 Å². The summed E-state index contributed by atoms with van der Waals surface area (Å²) in [6, 6.07) is 5.31. The van der Waals surface area contributed by atoms with Gasteiger partial charge in [-0.15, -0.1) is 0 Å². The number of fused-ring (bicyclic) bond motifs is 1. The third-order valence-electron chi connectivity index (χ3n) is 3.91. The Morgan fingerprint density at radius 1 is 1.42 bits per heavy atom. The second-order valence-electron chi connectivity index (χ2n) is 5.50. The summed E-state index contributed by atoms with van der Waals surface area (Å²) in [5, 5.41) is 5.66. The van der Waals surface area contributed by atoms with Gasteiger partial charge in [-0.1, -0.05) is 0 Å². The Labute approximate surface area is 139 Å². The Bertz CT molecular complexity index is 749. The molecule has 0 aliphatic carbocycles. The van der Waals surface area contributed by atoms with Crippen molar-refractivity contribution in [1.82, 2.24) is 15.3 Å². The molecule has 0 saturated heterocycles. The average molecular weight is 326 g/mol. The molecule has 1 aliphatic rings. The van der Waals surface area contributed by atoms with E-state index in [0.717, 1.165) is 11.3 Å². The number of carbonyl (C=O) groups is 2. The molecule has 1 aromatic carbocycles. The van der Waals surface area contributed by atoms with Crippen molar-refractivity contribution in [1.29, 1.82) is 0 Å². The summed E-state index contributed by atoms with van der Waals surface area (Å²) in [6.07, 6.45) is 5.60. The highest BCUT2D eigenvalue weighted by Crippen LogP contribution is 2.34. The number of anilines is 1. The van der Waals surface area contributed by atoms with Crippen LogP contribution in [0.4, 0.5) is 5.69 Å². The van der Waals surface area contributed by atoms with Crippen molar-refractivity contribution in [2.45, 2.75) is 18.8 Å². The summed E-state index contributed by atoms with van der Waals surface area (Å²) in [6.45, 7) is 0.439. The molecular weight excluding hydrogens is 308 g/mol. The predicted octanol–water partition coefficient (Wildman–Crippen LogP) is 1.27. The van der Waals surface area contributed by atoms with Gasteiger partial charge in [-0.3, -0.25) is 19.6 Å². The van der Waals surface area contributed by atoms with Crippen LogP contribution in [0.2, 0.25) is 0 Å². The van der Waals surface area contributed by atoms with Crippen LogP contribution in [0, 0.1) is 0 Å². The van der Waals surface area contributed by atoms with E-state index in [-0.39, 0.29) is 18.2 Å². The number of amides is 2. The van der Waals surface area contributed by atoms with Crippen molar-refractivity contribution in [3.8, 4) is 5.75 Å². The number of hydrogen-bond donors (Lipinski definition) is 2. The van der Waals surface area contributed by atoms with Gasteiger partial charge < -0.3 is 15.4 Å². The quantitative estimate of drug-likeness (QED) is 0.863. The first kappa shape index (κ1) is 15.9. The van der Waals surface area contributed by atoms with E-state index in [1.54, 1.807) is 43.9 Å². The van der Waals surface area contributed by atoms with Gasteiger partial charge in [0.25, 0.3) is 0 Å². The van der Waals surface area contributed by atoms with E-state index in [0.29, 0.717) is 24.4 Å². The van der Waals surface area contributed by atoms with Crippen LogP contribution in [0.1, 0.15) is 23.6 Å². The van der Waals surface area contributed by atoms with Crippen LogP contribution in [-0.2, 0) is 16.0 Å². The van der Waals surface area contributed by atoms with Crippen LogP contribution >= 0.6 is 0 Å². The largest absolute Gasteiger partial charge is 0.497 e. The van der Waals surface area contributed by atoms with E-state index in [9.17, 15) is 9.59 Å². The Morgan fingerprint density at radius 3 is 3.04 bits per heavy atom. The molecule has 0 unspecified atom stereocenters. The van der Waals surface area contributed by atoms with Gasteiger partial charge in [0.1, 0.15) is 5.75 Å². The lowest BCUT2D eigenvalue weighted by Crippen LogP contribution is -2.36. The van der Waals surface area contributed by atoms with Crippen LogP contribution in [0.3, 0.4) is 0 Å². The number of benzene rings is 1. The molecule has 7 nitrogen and oxygen atoms in total. The fourth-order valence-corrected chi connectivity index (χ4v) is 2.70. The summed E-state index contributed by atoms with van der Waals surface area (Å²) < 4.78 is 5.21. The number of hydrogen-bond acceptors (Lipinski definition) is 5. The molecule has 1 atom stereocenters. The molecule has 2 amide bonds. The summed E-state index contributed by atoms with van der Waals surface area (Å²) in [5.41, 5.74) is 2.23. The maximum atomic E-state index is 12.5. The number of methoxy groups -OCH3 is 1. The van der Waals surface area contributed by atoms with Gasteiger partial charge in [0.15, 0.2) is 0 Å². The molecule has 0 spiro atoms. The van der Waals surface area contributed by atoms with Crippen LogP contribution in [0.15, 0.2) is 36.8 Å². The fraction of sp³-hybridized carbons (Fsp3) is 0.294. The van der Waals surface area contributed by atoms with Crippen LogP contribution < -0.4 is 15.4 Å². The Hall–Kier alpha value is -2.96. The van der Waals surface area contributed by atoms with E-state index < -0.39 is 5.92 Å². The normalized spacial score (nSPS) is 16.0. The zero-order valence-electron chi connectivity index (χ0n) is 13.3. The highest BCUT2D eigenvalue weighted by atomic mass is 16.5. The Kier molecular flexibility index (Phi) is 4.69. The van der Waals surface area contributed by atoms with Crippen LogP contribution in [0.25, 0.3) is 0 Å². The lowest BCUT2D eigenvalue weighted by molar-refractivity contribution is -0.126. The van der Waals surface area contributed by atoms with E-state index in [1.807, 2.05) is 0 Å². The zero-order valence-corrected chi connectivity index (χ0v) is 13.3. The molecule has 24 heavy (non-hydrogen) atoms. The van der Waals surface area contributed by atoms with Gasteiger partial charge in [-0.25, -0.2) is 0 Å². The van der Waals surface area contributed by atoms with Gasteiger partial charge in [0.2, 0.25) is 11.8 Å². The molecule has 1 aromatic heterocycles. The number of nitrogens with zero attached hydrogens (tertiary/aromatic N) is 2. The molecule has 0 bridgehead atoms. The minimum Gasteiger partial charge on any atom is -0.497 e. The van der Waals surface area contributed by atoms with Crippen molar-refractivity contribution < 1.29 is 14.3 Å². The Morgan fingerprint density at radius 2 is 2.29 bits per heavy atom. The zero-order chi connectivity index (χ0) is 16.9. The van der Waals surface area contributed by atoms with Gasteiger partial charge in [-0.05, 0) is 23.8 Å². The molecule has 7 heteroatoms. The minimum atomic E-state index is -0.522. The van der Waals surface area contributed by atoms with Crippen LogP contribution in [-0.4, -0.2) is 35.4 Å². The molecule has 3 rings (SSSR count). The number of rotatable bonds is 5. The van der Waals surface area contributed by atoms with Gasteiger partial charge in [0, 0.05) is 43.7 Å². The molecule has 2 aromatic rings. The second kappa shape index (κ2) is 7.08. The fourth-order valence-electron chi connectivity index (χ4n) is 2.70. The minimum absolute atomic E-state index is 0.122. The topological polar surface area (TPSA) is 93.2 Å². The highest BCUT2D eigenvalue weighted by Gasteiger charge is 2.30. The van der Waals surface area contributed by atoms with Crippen molar-refractivity contribution in [2.24, 2.45) is 0 Å². The van der Waals surface area contributed by atoms with Crippen LogP contribution in [0.5, 0.6) is 5.75 Å². The van der Waals surface area contributed by atoms with E-state index in [1.165, 1.54) is 0 Å². The average Bonchev–Trinajstić information content (AvgIpc) is 2.61. The third-order valence-corrected chi connectivity index (χ3v) is 3.91. The molecule has 2 N–H and O–H groups in total. The van der Waals surface area contributed by atoms with Crippen molar-refractivity contribution >= 4 is 17.5 Å². The second-order valence-corrected chi connectivity index (χ2v) is 5.50. The molecule has 0 saturated carbocycles. The van der Waals surface area contributed by atoms with Gasteiger partial charge >= 0.3 is 0 Å². The maximum absolute atomic E-state index is 12.5. The van der Waals surface area contributed by atoms with Gasteiger partial charge in [-0.2, -0.15) is 0 Å². The number of ether oxygens (including phenoxy) is 1. The predicted molar refractivity (Wildman–Crippen MR) is 87.7 cm³/mol. The van der Waals surface area contributed by atoms with E-state index >= 15 is 0 Å². The monoisotopic (exact) mass is 326 g/mol. The Balaban J connectivity index is 1.69. The molecule has 0 fully saturated rings.